The molecule has 0 bridgehead atoms. The molecule has 8 heteroatoms. The van der Waals surface area contributed by atoms with Crippen LogP contribution in [-0.4, -0.2) is 40.9 Å². The van der Waals surface area contributed by atoms with E-state index < -0.39 is 22.0 Å². The van der Waals surface area contributed by atoms with E-state index in [-0.39, 0.29) is 11.4 Å². The van der Waals surface area contributed by atoms with E-state index in [0.717, 1.165) is 10.6 Å². The molecular weight excluding hydrogens is 306 g/mol. The van der Waals surface area contributed by atoms with Crippen LogP contribution in [0.1, 0.15) is 6.92 Å². The molecule has 1 atom stereocenters. The van der Waals surface area contributed by atoms with Gasteiger partial charge in [-0.15, -0.1) is 0 Å². The Labute approximate surface area is 123 Å². The molecule has 1 aromatic carbocycles. The lowest BCUT2D eigenvalue weighted by atomic mass is 10.2. The highest BCUT2D eigenvalue weighted by molar-refractivity contribution is 7.92. The highest BCUT2D eigenvalue weighted by Gasteiger charge is 2.32. The number of nitrogens with zero attached hydrogens (tertiary/aromatic N) is 1. The molecule has 1 unspecified atom stereocenters. The number of hydrogen-bond donors (Lipinski definition) is 0. The van der Waals surface area contributed by atoms with Crippen LogP contribution in [0, 0.1) is 0 Å². The first-order valence-corrected chi connectivity index (χ1v) is 7.85. The van der Waals surface area contributed by atoms with Crippen LogP contribution >= 0.6 is 11.6 Å². The van der Waals surface area contributed by atoms with Crippen LogP contribution in [0.5, 0.6) is 5.75 Å². The van der Waals surface area contributed by atoms with Crippen molar-refractivity contribution in [3.8, 4) is 5.75 Å². The Morgan fingerprint density at radius 3 is 2.40 bits per heavy atom. The van der Waals surface area contributed by atoms with Crippen molar-refractivity contribution in [3.05, 3.63) is 23.2 Å². The second-order valence-electron chi connectivity index (χ2n) is 4.07. The summed E-state index contributed by atoms with van der Waals surface area (Å²) in [6.45, 7) is 1.42. The SMILES string of the molecule is COC(=O)C(C)N(c1cc(Cl)ccc1OC)S(C)(=O)=O. The second-order valence-corrected chi connectivity index (χ2v) is 6.37. The van der Waals surface area contributed by atoms with Gasteiger partial charge in [0.1, 0.15) is 11.8 Å². The van der Waals surface area contributed by atoms with Gasteiger partial charge in [-0.25, -0.2) is 13.2 Å². The van der Waals surface area contributed by atoms with Gasteiger partial charge in [-0.05, 0) is 25.1 Å². The Bertz CT molecular complexity index is 602. The molecule has 0 saturated heterocycles. The normalized spacial score (nSPS) is 12.7. The van der Waals surface area contributed by atoms with Crippen LogP contribution in [-0.2, 0) is 19.6 Å². The number of carbonyl (C=O) groups excluding carboxylic acids is 1. The van der Waals surface area contributed by atoms with Crippen molar-refractivity contribution >= 4 is 33.3 Å². The molecule has 6 nitrogen and oxygen atoms in total. The van der Waals surface area contributed by atoms with Gasteiger partial charge in [0.05, 0.1) is 26.2 Å². The van der Waals surface area contributed by atoms with Crippen LogP contribution in [0.3, 0.4) is 0 Å². The van der Waals surface area contributed by atoms with Crippen molar-refractivity contribution < 1.29 is 22.7 Å². The van der Waals surface area contributed by atoms with Crippen molar-refractivity contribution in [1.29, 1.82) is 0 Å². The van der Waals surface area contributed by atoms with E-state index in [1.165, 1.54) is 33.3 Å². The number of methoxy groups -OCH3 is 2. The molecule has 0 radical (unpaired) electrons. The van der Waals surface area contributed by atoms with Gasteiger partial charge in [-0.1, -0.05) is 11.6 Å². The minimum absolute atomic E-state index is 0.181. The fourth-order valence-electron chi connectivity index (χ4n) is 1.78. The number of anilines is 1. The van der Waals surface area contributed by atoms with Crippen molar-refractivity contribution in [2.75, 3.05) is 24.8 Å². The highest BCUT2D eigenvalue weighted by atomic mass is 35.5. The monoisotopic (exact) mass is 321 g/mol. The van der Waals surface area contributed by atoms with Crippen molar-refractivity contribution in [3.63, 3.8) is 0 Å². The summed E-state index contributed by atoms with van der Waals surface area (Å²) in [5, 5.41) is 0.325. The predicted octanol–water partition coefficient (Wildman–Crippen LogP) is 1.68. The summed E-state index contributed by atoms with van der Waals surface area (Å²) in [4.78, 5) is 11.7. The Hall–Kier alpha value is -1.47. The largest absolute Gasteiger partial charge is 0.495 e. The molecule has 20 heavy (non-hydrogen) atoms. The molecule has 0 aromatic heterocycles. The Morgan fingerprint density at radius 2 is 1.95 bits per heavy atom. The number of benzene rings is 1. The zero-order valence-electron chi connectivity index (χ0n) is 11.6. The molecular formula is C12H16ClNO5S. The summed E-state index contributed by atoms with van der Waals surface area (Å²) in [6, 6.07) is 3.47. The molecule has 0 saturated carbocycles. The predicted molar refractivity (Wildman–Crippen MR) is 76.8 cm³/mol. The Balaban J connectivity index is 3.47. The van der Waals surface area contributed by atoms with E-state index in [9.17, 15) is 13.2 Å². The standard InChI is InChI=1S/C12H16ClNO5S/c1-8(12(15)19-3)14(20(4,16)17)10-7-9(13)5-6-11(10)18-2/h5-8H,1-4H3. The van der Waals surface area contributed by atoms with E-state index in [0.29, 0.717) is 5.02 Å². The lowest BCUT2D eigenvalue weighted by molar-refractivity contribution is -0.141. The first-order chi connectivity index (χ1) is 9.22. The van der Waals surface area contributed by atoms with Crippen LogP contribution < -0.4 is 9.04 Å². The number of carbonyl (C=O) groups is 1. The van der Waals surface area contributed by atoms with Crippen molar-refractivity contribution in [2.45, 2.75) is 13.0 Å². The zero-order valence-corrected chi connectivity index (χ0v) is 13.2. The van der Waals surface area contributed by atoms with Gasteiger partial charge < -0.3 is 9.47 Å². The molecule has 0 aliphatic heterocycles. The summed E-state index contributed by atoms with van der Waals surface area (Å²) in [7, 11) is -1.14. The van der Waals surface area contributed by atoms with Crippen molar-refractivity contribution in [1.82, 2.24) is 0 Å². The van der Waals surface area contributed by atoms with Crippen LogP contribution in [0.2, 0.25) is 5.02 Å². The molecule has 0 amide bonds. The highest BCUT2D eigenvalue weighted by Crippen LogP contribution is 2.34. The number of halogens is 1. The quantitative estimate of drug-likeness (QED) is 0.771. The third-order valence-electron chi connectivity index (χ3n) is 2.63. The van der Waals surface area contributed by atoms with Crippen LogP contribution in [0.15, 0.2) is 18.2 Å². The maximum atomic E-state index is 12.0. The fourth-order valence-corrected chi connectivity index (χ4v) is 3.10. The second kappa shape index (κ2) is 6.32. The van der Waals surface area contributed by atoms with E-state index in [2.05, 4.69) is 4.74 Å². The topological polar surface area (TPSA) is 72.9 Å². The molecule has 0 fully saturated rings. The number of esters is 1. The van der Waals surface area contributed by atoms with Gasteiger partial charge in [0.15, 0.2) is 0 Å². The molecule has 0 spiro atoms. The zero-order chi connectivity index (χ0) is 15.5. The average molecular weight is 322 g/mol. The lowest BCUT2D eigenvalue weighted by Crippen LogP contribution is -2.43. The smallest absolute Gasteiger partial charge is 0.329 e. The van der Waals surface area contributed by atoms with E-state index in [4.69, 9.17) is 16.3 Å². The summed E-state index contributed by atoms with van der Waals surface area (Å²) in [5.74, 6) is -0.395. The molecule has 1 rings (SSSR count). The Morgan fingerprint density at radius 1 is 1.35 bits per heavy atom. The van der Waals surface area contributed by atoms with Crippen molar-refractivity contribution in [2.24, 2.45) is 0 Å². The van der Waals surface area contributed by atoms with Crippen LogP contribution in [0.25, 0.3) is 0 Å². The van der Waals surface area contributed by atoms with E-state index in [1.54, 1.807) is 6.07 Å². The third kappa shape index (κ3) is 3.55. The molecule has 1 aromatic rings. The fraction of sp³-hybridized carbons (Fsp3) is 0.417. The summed E-state index contributed by atoms with van der Waals surface area (Å²) < 4.78 is 34.6. The number of hydrogen-bond acceptors (Lipinski definition) is 5. The van der Waals surface area contributed by atoms with Gasteiger partial charge in [0.25, 0.3) is 0 Å². The maximum Gasteiger partial charge on any atom is 0.329 e. The average Bonchev–Trinajstić information content (AvgIpc) is 2.36. The van der Waals surface area contributed by atoms with Gasteiger partial charge in [-0.2, -0.15) is 0 Å². The summed E-state index contributed by atoms with van der Waals surface area (Å²) in [6.07, 6.45) is 0.993. The molecule has 0 aliphatic rings. The van der Waals surface area contributed by atoms with Gasteiger partial charge in [0, 0.05) is 5.02 Å². The lowest BCUT2D eigenvalue weighted by Gasteiger charge is -2.28. The minimum atomic E-state index is -3.73. The first kappa shape index (κ1) is 16.6. The molecule has 0 aliphatic carbocycles. The number of ether oxygens (including phenoxy) is 2. The summed E-state index contributed by atoms with van der Waals surface area (Å²) >= 11 is 5.89. The number of sulfonamides is 1. The van der Waals surface area contributed by atoms with Gasteiger partial charge >= 0.3 is 5.97 Å². The summed E-state index contributed by atoms with van der Waals surface area (Å²) in [5.41, 5.74) is 0.181. The number of rotatable bonds is 5. The van der Waals surface area contributed by atoms with Crippen LogP contribution in [0.4, 0.5) is 5.69 Å². The molecule has 112 valence electrons. The van der Waals surface area contributed by atoms with E-state index >= 15 is 0 Å². The van der Waals surface area contributed by atoms with Gasteiger partial charge in [0.2, 0.25) is 10.0 Å². The molecule has 0 heterocycles. The third-order valence-corrected chi connectivity index (χ3v) is 4.09. The molecule has 0 N–H and O–H groups in total. The minimum Gasteiger partial charge on any atom is -0.495 e. The maximum absolute atomic E-state index is 12.0. The van der Waals surface area contributed by atoms with E-state index in [1.807, 2.05) is 0 Å². The van der Waals surface area contributed by atoms with Gasteiger partial charge in [-0.3, -0.25) is 4.31 Å². The first-order valence-electron chi connectivity index (χ1n) is 5.63. The Kier molecular flexibility index (Phi) is 5.24.